The number of ether oxygens (including phenoxy) is 2. The predicted molar refractivity (Wildman–Crippen MR) is 102 cm³/mol. The van der Waals surface area contributed by atoms with Crippen molar-refractivity contribution >= 4 is 27.4 Å². The van der Waals surface area contributed by atoms with E-state index in [4.69, 9.17) is 9.47 Å². The van der Waals surface area contributed by atoms with E-state index in [1.165, 1.54) is 11.0 Å². The van der Waals surface area contributed by atoms with E-state index in [1.54, 1.807) is 50.6 Å². The number of nitrogens with zero attached hydrogens (tertiary/aromatic N) is 1. The Bertz CT molecular complexity index is 946. The molecule has 0 radical (unpaired) electrons. The SMILES string of the molecule is COCCOc1ccccc1S(=O)(=O)Nc1ccc2c(c1)CN(C)C(=O)N2. The van der Waals surface area contributed by atoms with Crippen LogP contribution >= 0.6 is 0 Å². The topological polar surface area (TPSA) is 97.0 Å². The van der Waals surface area contributed by atoms with E-state index < -0.39 is 10.0 Å². The Labute approximate surface area is 158 Å². The molecule has 0 spiro atoms. The molecule has 0 bridgehead atoms. The van der Waals surface area contributed by atoms with Gasteiger partial charge in [-0.1, -0.05) is 12.1 Å². The maximum absolute atomic E-state index is 12.8. The molecule has 2 amide bonds. The lowest BCUT2D eigenvalue weighted by molar-refractivity contribution is 0.144. The summed E-state index contributed by atoms with van der Waals surface area (Å²) < 4.78 is 38.7. The average molecular weight is 391 g/mol. The third-order valence-corrected chi connectivity index (χ3v) is 5.46. The maximum Gasteiger partial charge on any atom is 0.321 e. The molecule has 27 heavy (non-hydrogen) atoms. The first-order valence-corrected chi connectivity index (χ1v) is 9.77. The van der Waals surface area contributed by atoms with Gasteiger partial charge in [-0.3, -0.25) is 4.72 Å². The number of carbonyl (C=O) groups excluding carboxylic acids is 1. The average Bonchev–Trinajstić information content (AvgIpc) is 2.63. The van der Waals surface area contributed by atoms with E-state index in [0.29, 0.717) is 24.5 Å². The van der Waals surface area contributed by atoms with Crippen LogP contribution in [0.3, 0.4) is 0 Å². The maximum atomic E-state index is 12.8. The molecule has 0 unspecified atom stereocenters. The number of nitrogens with one attached hydrogen (secondary N) is 2. The summed E-state index contributed by atoms with van der Waals surface area (Å²) in [5.41, 5.74) is 1.90. The van der Waals surface area contributed by atoms with Crippen LogP contribution in [0.4, 0.5) is 16.2 Å². The second-order valence-electron chi connectivity index (χ2n) is 6.05. The largest absolute Gasteiger partial charge is 0.490 e. The van der Waals surface area contributed by atoms with Gasteiger partial charge in [-0.15, -0.1) is 0 Å². The molecule has 0 fully saturated rings. The number of fused-ring (bicyclic) bond motifs is 1. The van der Waals surface area contributed by atoms with Crippen molar-refractivity contribution < 1.29 is 22.7 Å². The van der Waals surface area contributed by atoms with Gasteiger partial charge in [0.15, 0.2) is 0 Å². The Hall–Kier alpha value is -2.78. The summed E-state index contributed by atoms with van der Waals surface area (Å²) in [5, 5.41) is 2.75. The minimum atomic E-state index is -3.85. The van der Waals surface area contributed by atoms with Crippen molar-refractivity contribution in [1.29, 1.82) is 0 Å². The molecule has 2 N–H and O–H groups in total. The number of rotatable bonds is 7. The van der Waals surface area contributed by atoms with Crippen molar-refractivity contribution in [3.63, 3.8) is 0 Å². The lowest BCUT2D eigenvalue weighted by Crippen LogP contribution is -2.35. The molecular formula is C18H21N3O5S. The van der Waals surface area contributed by atoms with Crippen LogP contribution in [0.5, 0.6) is 5.75 Å². The van der Waals surface area contributed by atoms with Gasteiger partial charge in [0.1, 0.15) is 17.3 Å². The van der Waals surface area contributed by atoms with Crippen LogP contribution in [0.25, 0.3) is 0 Å². The zero-order chi connectivity index (χ0) is 19.4. The Kier molecular flexibility index (Phi) is 5.52. The van der Waals surface area contributed by atoms with Crippen LogP contribution in [0.15, 0.2) is 47.4 Å². The molecular weight excluding hydrogens is 370 g/mol. The number of sulfonamides is 1. The summed E-state index contributed by atoms with van der Waals surface area (Å²) >= 11 is 0. The highest BCUT2D eigenvalue weighted by Gasteiger charge is 2.22. The highest BCUT2D eigenvalue weighted by atomic mass is 32.2. The molecule has 9 heteroatoms. The molecule has 3 rings (SSSR count). The Morgan fingerprint density at radius 2 is 1.96 bits per heavy atom. The van der Waals surface area contributed by atoms with Gasteiger partial charge in [-0.05, 0) is 35.9 Å². The lowest BCUT2D eigenvalue weighted by Gasteiger charge is -2.26. The highest BCUT2D eigenvalue weighted by molar-refractivity contribution is 7.92. The van der Waals surface area contributed by atoms with Crippen LogP contribution in [0, 0.1) is 0 Å². The zero-order valence-corrected chi connectivity index (χ0v) is 15.9. The Morgan fingerprint density at radius 1 is 1.19 bits per heavy atom. The van der Waals surface area contributed by atoms with Gasteiger partial charge in [0.05, 0.1) is 6.61 Å². The zero-order valence-electron chi connectivity index (χ0n) is 15.1. The highest BCUT2D eigenvalue weighted by Crippen LogP contribution is 2.29. The molecule has 0 saturated carbocycles. The number of methoxy groups -OCH3 is 1. The number of para-hydroxylation sites is 1. The number of anilines is 2. The normalized spacial score (nSPS) is 13.7. The van der Waals surface area contributed by atoms with Crippen molar-refractivity contribution in [2.45, 2.75) is 11.4 Å². The lowest BCUT2D eigenvalue weighted by atomic mass is 10.1. The van der Waals surface area contributed by atoms with E-state index in [0.717, 1.165) is 5.56 Å². The molecule has 0 saturated heterocycles. The molecule has 2 aromatic carbocycles. The van der Waals surface area contributed by atoms with Crippen molar-refractivity contribution in [1.82, 2.24) is 4.90 Å². The number of hydrogen-bond donors (Lipinski definition) is 2. The first-order valence-electron chi connectivity index (χ1n) is 8.29. The fourth-order valence-corrected chi connectivity index (χ4v) is 3.88. The second-order valence-corrected chi connectivity index (χ2v) is 7.70. The van der Waals surface area contributed by atoms with Crippen molar-refractivity contribution in [3.8, 4) is 5.75 Å². The summed E-state index contributed by atoms with van der Waals surface area (Å²) in [7, 11) is -0.634. The van der Waals surface area contributed by atoms with Gasteiger partial charge in [0.2, 0.25) is 0 Å². The van der Waals surface area contributed by atoms with Gasteiger partial charge in [0.25, 0.3) is 10.0 Å². The van der Waals surface area contributed by atoms with Gasteiger partial charge in [-0.2, -0.15) is 0 Å². The van der Waals surface area contributed by atoms with E-state index in [1.807, 2.05) is 0 Å². The smallest absolute Gasteiger partial charge is 0.321 e. The van der Waals surface area contributed by atoms with Crippen molar-refractivity contribution in [2.24, 2.45) is 0 Å². The third-order valence-electron chi connectivity index (χ3n) is 4.04. The van der Waals surface area contributed by atoms with E-state index in [2.05, 4.69) is 10.0 Å². The van der Waals surface area contributed by atoms with Gasteiger partial charge >= 0.3 is 6.03 Å². The number of urea groups is 1. The molecule has 1 aliphatic heterocycles. The summed E-state index contributed by atoms with van der Waals surface area (Å²) in [4.78, 5) is 13.2. The molecule has 1 aliphatic rings. The molecule has 1 heterocycles. The minimum Gasteiger partial charge on any atom is -0.490 e. The summed E-state index contributed by atoms with van der Waals surface area (Å²) in [5.74, 6) is 0.256. The summed E-state index contributed by atoms with van der Waals surface area (Å²) in [6.07, 6.45) is 0. The molecule has 2 aromatic rings. The van der Waals surface area contributed by atoms with Crippen molar-refractivity contribution in [2.75, 3.05) is 37.4 Å². The first-order chi connectivity index (χ1) is 12.9. The number of carbonyl (C=O) groups is 1. The van der Waals surface area contributed by atoms with Gasteiger partial charge < -0.3 is 19.7 Å². The second kappa shape index (κ2) is 7.85. The van der Waals surface area contributed by atoms with Gasteiger partial charge in [-0.25, -0.2) is 13.2 Å². The number of amides is 2. The van der Waals surface area contributed by atoms with E-state index in [-0.39, 0.29) is 23.3 Å². The van der Waals surface area contributed by atoms with Crippen LogP contribution in [-0.2, 0) is 21.3 Å². The quantitative estimate of drug-likeness (QED) is 0.707. The van der Waals surface area contributed by atoms with Crippen LogP contribution in [0.1, 0.15) is 5.56 Å². The van der Waals surface area contributed by atoms with Crippen LogP contribution in [-0.4, -0.2) is 46.7 Å². The standard InChI is InChI=1S/C18H21N3O5S/c1-21-12-13-11-14(7-8-15(13)19-18(21)22)20-27(23,24)17-6-4-3-5-16(17)26-10-9-25-2/h3-8,11,20H,9-10,12H2,1-2H3,(H,19,22). The molecule has 0 aromatic heterocycles. The molecule has 144 valence electrons. The van der Waals surface area contributed by atoms with Crippen LogP contribution < -0.4 is 14.8 Å². The fourth-order valence-electron chi connectivity index (χ4n) is 2.68. The van der Waals surface area contributed by atoms with Crippen molar-refractivity contribution in [3.05, 3.63) is 48.0 Å². The number of benzene rings is 2. The minimum absolute atomic E-state index is 0.0456. The Morgan fingerprint density at radius 3 is 2.74 bits per heavy atom. The Balaban J connectivity index is 1.83. The molecule has 8 nitrogen and oxygen atoms in total. The van der Waals surface area contributed by atoms with E-state index in [9.17, 15) is 13.2 Å². The molecule has 0 atom stereocenters. The third kappa shape index (κ3) is 4.32. The molecule has 0 aliphatic carbocycles. The number of hydrogen-bond acceptors (Lipinski definition) is 5. The van der Waals surface area contributed by atoms with E-state index >= 15 is 0 Å². The van der Waals surface area contributed by atoms with Gasteiger partial charge in [0, 0.05) is 32.1 Å². The fraction of sp³-hybridized carbons (Fsp3) is 0.278. The monoisotopic (exact) mass is 391 g/mol. The van der Waals surface area contributed by atoms with Crippen LogP contribution in [0.2, 0.25) is 0 Å². The summed E-state index contributed by atoms with van der Waals surface area (Å²) in [6, 6.07) is 11.2. The first kappa shape index (κ1) is 19.0. The predicted octanol–water partition coefficient (Wildman–Crippen LogP) is 2.49. The summed E-state index contributed by atoms with van der Waals surface area (Å²) in [6.45, 7) is 0.993.